The monoisotopic (exact) mass is 217 g/mol. The van der Waals surface area contributed by atoms with Gasteiger partial charge in [-0.15, -0.1) is 0 Å². The van der Waals surface area contributed by atoms with Crippen molar-refractivity contribution in [3.63, 3.8) is 0 Å². The lowest BCUT2D eigenvalue weighted by molar-refractivity contribution is -0.124. The van der Waals surface area contributed by atoms with E-state index in [1.165, 1.54) is 0 Å². The smallest absolute Gasteiger partial charge is 0.254 e. The second-order valence-electron chi connectivity index (χ2n) is 3.65. The maximum absolute atomic E-state index is 11.5. The number of nitrogens with zero attached hydrogens (tertiary/aromatic N) is 2. The minimum Gasteiger partial charge on any atom is -0.292 e. The summed E-state index contributed by atoms with van der Waals surface area (Å²) in [6.07, 6.45) is 3.29. The third-order valence-electron chi connectivity index (χ3n) is 2.55. The van der Waals surface area contributed by atoms with Gasteiger partial charge < -0.3 is 0 Å². The number of imide groups is 1. The number of amides is 2. The lowest BCUT2D eigenvalue weighted by atomic mass is 10.0. The summed E-state index contributed by atoms with van der Waals surface area (Å²) in [6, 6.07) is 0. The van der Waals surface area contributed by atoms with Crippen molar-refractivity contribution in [2.24, 2.45) is 0 Å². The van der Waals surface area contributed by atoms with E-state index in [0.29, 0.717) is 16.8 Å². The lowest BCUT2D eigenvalue weighted by Gasteiger charge is -2.05. The van der Waals surface area contributed by atoms with E-state index in [1.54, 1.807) is 19.3 Å². The molecule has 0 saturated carbocycles. The van der Waals surface area contributed by atoms with Crippen LogP contribution in [0.5, 0.6) is 0 Å². The summed E-state index contributed by atoms with van der Waals surface area (Å²) >= 11 is 0. The minimum atomic E-state index is -0.326. The Morgan fingerprint density at radius 3 is 2.56 bits per heavy atom. The molecule has 5 nitrogen and oxygen atoms in total. The Morgan fingerprint density at radius 1 is 1.31 bits per heavy atom. The van der Waals surface area contributed by atoms with E-state index in [2.05, 4.69) is 15.3 Å². The molecule has 0 bridgehead atoms. The fourth-order valence-corrected chi connectivity index (χ4v) is 1.71. The summed E-state index contributed by atoms with van der Waals surface area (Å²) < 4.78 is 0. The summed E-state index contributed by atoms with van der Waals surface area (Å²) in [4.78, 5) is 30.8. The van der Waals surface area contributed by atoms with Crippen molar-refractivity contribution in [3.05, 3.63) is 29.4 Å². The number of nitrogens with one attached hydrogen (secondary N) is 1. The Bertz CT molecular complexity index is 506. The summed E-state index contributed by atoms with van der Waals surface area (Å²) in [6.45, 7) is 3.60. The highest BCUT2D eigenvalue weighted by molar-refractivity contribution is 6.16. The molecule has 1 aromatic rings. The van der Waals surface area contributed by atoms with Gasteiger partial charge in [0.05, 0.1) is 17.8 Å². The van der Waals surface area contributed by atoms with Crippen molar-refractivity contribution in [3.8, 4) is 0 Å². The number of carbonyl (C=O) groups excluding carboxylic acids is 2. The lowest BCUT2D eigenvalue weighted by Crippen LogP contribution is -2.19. The van der Waals surface area contributed by atoms with Crippen LogP contribution in [0.1, 0.15) is 24.7 Å². The van der Waals surface area contributed by atoms with E-state index in [9.17, 15) is 9.59 Å². The quantitative estimate of drug-likeness (QED) is 0.552. The summed E-state index contributed by atoms with van der Waals surface area (Å²) in [5.41, 5.74) is 2.62. The highest BCUT2D eigenvalue weighted by Crippen LogP contribution is 2.23. The Labute approximate surface area is 92.6 Å². The molecule has 1 N–H and O–H groups in total. The molecule has 0 aromatic carbocycles. The SMILES string of the molecule is CC(=C1CC(=O)NC1=O)c1nccnc1C. The number of rotatable bonds is 1. The average molecular weight is 217 g/mol. The van der Waals surface area contributed by atoms with Gasteiger partial charge >= 0.3 is 0 Å². The molecule has 1 saturated heterocycles. The van der Waals surface area contributed by atoms with Crippen LogP contribution >= 0.6 is 0 Å². The number of hydrogen-bond acceptors (Lipinski definition) is 4. The predicted octanol–water partition coefficient (Wildman–Crippen LogP) is 0.605. The van der Waals surface area contributed by atoms with Crippen molar-refractivity contribution in [1.29, 1.82) is 0 Å². The molecule has 1 aromatic heterocycles. The zero-order valence-electron chi connectivity index (χ0n) is 9.07. The summed E-state index contributed by atoms with van der Waals surface area (Å²) in [5, 5.41) is 2.25. The molecule has 1 aliphatic heterocycles. The Morgan fingerprint density at radius 2 is 2.00 bits per heavy atom. The van der Waals surface area contributed by atoms with Crippen molar-refractivity contribution in [1.82, 2.24) is 15.3 Å². The molecule has 0 atom stereocenters. The second kappa shape index (κ2) is 3.84. The van der Waals surface area contributed by atoms with Crippen LogP contribution in [0.15, 0.2) is 18.0 Å². The largest absolute Gasteiger partial charge is 0.292 e. The zero-order valence-corrected chi connectivity index (χ0v) is 9.07. The number of hydrogen-bond donors (Lipinski definition) is 1. The Hall–Kier alpha value is -2.04. The maximum atomic E-state index is 11.5. The highest BCUT2D eigenvalue weighted by Gasteiger charge is 2.26. The maximum Gasteiger partial charge on any atom is 0.254 e. The number of carbonyl (C=O) groups is 2. The fourth-order valence-electron chi connectivity index (χ4n) is 1.71. The molecule has 0 aliphatic carbocycles. The first-order valence-corrected chi connectivity index (χ1v) is 4.91. The number of aromatic nitrogens is 2. The van der Waals surface area contributed by atoms with Crippen LogP contribution in [-0.2, 0) is 9.59 Å². The minimum absolute atomic E-state index is 0.126. The first-order valence-electron chi connectivity index (χ1n) is 4.91. The molecule has 5 heteroatoms. The molecule has 2 heterocycles. The van der Waals surface area contributed by atoms with Crippen LogP contribution in [0.25, 0.3) is 5.57 Å². The van der Waals surface area contributed by atoms with Crippen LogP contribution in [0, 0.1) is 6.92 Å². The standard InChI is InChI=1S/C11H11N3O2/c1-6(8-5-9(15)14-11(8)16)10-7(2)12-3-4-13-10/h3-4H,5H2,1-2H3,(H,14,15,16). The molecule has 1 fully saturated rings. The van der Waals surface area contributed by atoms with Crippen LogP contribution in [-0.4, -0.2) is 21.8 Å². The van der Waals surface area contributed by atoms with Gasteiger partial charge in [0.25, 0.3) is 5.91 Å². The molecule has 0 radical (unpaired) electrons. The molecular formula is C11H11N3O2. The first kappa shape index (κ1) is 10.5. The van der Waals surface area contributed by atoms with Crippen molar-refractivity contribution in [2.75, 3.05) is 0 Å². The molecule has 82 valence electrons. The van der Waals surface area contributed by atoms with E-state index in [1.807, 2.05) is 6.92 Å². The van der Waals surface area contributed by atoms with Gasteiger partial charge in [-0.3, -0.25) is 24.9 Å². The topological polar surface area (TPSA) is 72.0 Å². The van der Waals surface area contributed by atoms with Gasteiger partial charge in [-0.05, 0) is 19.4 Å². The fraction of sp³-hybridized carbons (Fsp3) is 0.273. The Balaban J connectivity index is 2.49. The average Bonchev–Trinajstić information content (AvgIpc) is 2.58. The normalized spacial score (nSPS) is 18.6. The van der Waals surface area contributed by atoms with Crippen molar-refractivity contribution in [2.45, 2.75) is 20.3 Å². The van der Waals surface area contributed by atoms with Gasteiger partial charge in [-0.25, -0.2) is 0 Å². The van der Waals surface area contributed by atoms with Crippen LogP contribution in [0.2, 0.25) is 0 Å². The highest BCUT2D eigenvalue weighted by atomic mass is 16.2. The van der Waals surface area contributed by atoms with E-state index in [4.69, 9.17) is 0 Å². The van der Waals surface area contributed by atoms with E-state index >= 15 is 0 Å². The third kappa shape index (κ3) is 1.71. The van der Waals surface area contributed by atoms with E-state index in [0.717, 1.165) is 5.69 Å². The van der Waals surface area contributed by atoms with Crippen LogP contribution in [0.4, 0.5) is 0 Å². The van der Waals surface area contributed by atoms with Crippen LogP contribution in [0.3, 0.4) is 0 Å². The van der Waals surface area contributed by atoms with Gasteiger partial charge in [0.1, 0.15) is 0 Å². The molecular weight excluding hydrogens is 206 g/mol. The summed E-state index contributed by atoms with van der Waals surface area (Å²) in [7, 11) is 0. The van der Waals surface area contributed by atoms with E-state index < -0.39 is 0 Å². The molecule has 16 heavy (non-hydrogen) atoms. The van der Waals surface area contributed by atoms with Crippen molar-refractivity contribution >= 4 is 17.4 Å². The van der Waals surface area contributed by atoms with Gasteiger partial charge in [0.15, 0.2) is 0 Å². The van der Waals surface area contributed by atoms with Gasteiger partial charge in [0, 0.05) is 18.0 Å². The third-order valence-corrected chi connectivity index (χ3v) is 2.55. The Kier molecular flexibility index (Phi) is 2.52. The first-order chi connectivity index (χ1) is 7.59. The predicted molar refractivity (Wildman–Crippen MR) is 57.1 cm³/mol. The van der Waals surface area contributed by atoms with Crippen molar-refractivity contribution < 1.29 is 9.59 Å². The second-order valence-corrected chi connectivity index (χ2v) is 3.65. The summed E-state index contributed by atoms with van der Waals surface area (Å²) in [5.74, 6) is -0.589. The van der Waals surface area contributed by atoms with Crippen LogP contribution < -0.4 is 5.32 Å². The number of aryl methyl sites for hydroxylation is 1. The van der Waals surface area contributed by atoms with Gasteiger partial charge in [0.2, 0.25) is 5.91 Å². The molecule has 0 spiro atoms. The zero-order chi connectivity index (χ0) is 11.7. The molecule has 0 unspecified atom stereocenters. The molecule has 1 aliphatic rings. The number of allylic oxidation sites excluding steroid dienone is 1. The molecule has 2 rings (SSSR count). The van der Waals surface area contributed by atoms with E-state index in [-0.39, 0.29) is 18.2 Å². The van der Waals surface area contributed by atoms with Gasteiger partial charge in [-0.2, -0.15) is 0 Å². The molecule has 2 amide bonds. The van der Waals surface area contributed by atoms with Gasteiger partial charge in [-0.1, -0.05) is 0 Å².